The molecule has 2 rings (SSSR count). The number of likely N-dealkylation sites (tertiary alicyclic amines) is 1. The summed E-state index contributed by atoms with van der Waals surface area (Å²) in [6.07, 6.45) is 2.63. The fourth-order valence-corrected chi connectivity index (χ4v) is 4.25. The second-order valence-corrected chi connectivity index (χ2v) is 7.21. The van der Waals surface area contributed by atoms with E-state index in [9.17, 15) is 4.79 Å². The van der Waals surface area contributed by atoms with Crippen molar-refractivity contribution in [1.82, 2.24) is 4.90 Å². The van der Waals surface area contributed by atoms with Gasteiger partial charge in [-0.15, -0.1) is 11.3 Å². The Bertz CT molecular complexity index is 413. The molecule has 1 N–H and O–H groups in total. The quantitative estimate of drug-likeness (QED) is 0.913. The number of aliphatic carboxylic acids is 1. The first-order valence-electron chi connectivity index (χ1n) is 6.34. The molecule has 0 aliphatic carbocycles. The highest BCUT2D eigenvalue weighted by Crippen LogP contribution is 2.34. The molecular formula is C13H18BrNO2S. The molecule has 0 amide bonds. The topological polar surface area (TPSA) is 40.5 Å². The minimum Gasteiger partial charge on any atom is -0.481 e. The third kappa shape index (κ3) is 3.13. The van der Waals surface area contributed by atoms with Crippen molar-refractivity contribution in [1.29, 1.82) is 0 Å². The van der Waals surface area contributed by atoms with Crippen LogP contribution in [0.2, 0.25) is 0 Å². The molecule has 5 heteroatoms. The molecule has 0 bridgehead atoms. The van der Waals surface area contributed by atoms with E-state index in [1.807, 2.05) is 0 Å². The predicted octanol–water partition coefficient (Wildman–Crippen LogP) is 3.76. The highest BCUT2D eigenvalue weighted by atomic mass is 79.9. The Hall–Kier alpha value is -0.390. The zero-order chi connectivity index (χ0) is 13.1. The molecule has 2 heterocycles. The minimum atomic E-state index is -0.637. The first-order chi connectivity index (χ1) is 8.61. The summed E-state index contributed by atoms with van der Waals surface area (Å²) in [5.41, 5.74) is 0. The molecule has 1 aliphatic heterocycles. The number of nitrogens with zero attached hydrogens (tertiary/aromatic N) is 1. The van der Waals surface area contributed by atoms with Gasteiger partial charge >= 0.3 is 5.97 Å². The van der Waals surface area contributed by atoms with Crippen molar-refractivity contribution < 1.29 is 9.90 Å². The SMILES string of the molecule is CCC(c1ccc(Br)s1)N1CCC(C(=O)O)CC1. The van der Waals surface area contributed by atoms with Crippen molar-refractivity contribution in [2.75, 3.05) is 13.1 Å². The van der Waals surface area contributed by atoms with Gasteiger partial charge in [-0.1, -0.05) is 6.92 Å². The number of carboxylic acids is 1. The maximum atomic E-state index is 11.0. The van der Waals surface area contributed by atoms with Gasteiger partial charge in [-0.25, -0.2) is 0 Å². The molecule has 3 nitrogen and oxygen atoms in total. The minimum absolute atomic E-state index is 0.145. The van der Waals surface area contributed by atoms with E-state index < -0.39 is 5.97 Å². The Kier molecular flexibility index (Phi) is 4.81. The number of piperidine rings is 1. The maximum absolute atomic E-state index is 11.0. The number of carbonyl (C=O) groups is 1. The summed E-state index contributed by atoms with van der Waals surface area (Å²) >= 11 is 5.28. The molecule has 1 aliphatic rings. The number of rotatable bonds is 4. The predicted molar refractivity (Wildman–Crippen MR) is 77.0 cm³/mol. The lowest BCUT2D eigenvalue weighted by Gasteiger charge is -2.35. The molecule has 0 aromatic carbocycles. The Labute approximate surface area is 120 Å². The van der Waals surface area contributed by atoms with Gasteiger partial charge < -0.3 is 5.11 Å². The average Bonchev–Trinajstić information content (AvgIpc) is 2.77. The fourth-order valence-electron chi connectivity index (χ4n) is 2.60. The van der Waals surface area contributed by atoms with Gasteiger partial charge in [0.1, 0.15) is 0 Å². The zero-order valence-corrected chi connectivity index (χ0v) is 12.8. The monoisotopic (exact) mass is 331 g/mol. The first kappa shape index (κ1) is 14.0. The molecular weight excluding hydrogens is 314 g/mol. The van der Waals surface area contributed by atoms with Crippen LogP contribution in [-0.4, -0.2) is 29.1 Å². The van der Waals surface area contributed by atoms with Crippen LogP contribution in [0.4, 0.5) is 0 Å². The van der Waals surface area contributed by atoms with E-state index in [1.54, 1.807) is 11.3 Å². The third-order valence-corrected chi connectivity index (χ3v) is 5.35. The van der Waals surface area contributed by atoms with Gasteiger partial charge in [-0.3, -0.25) is 9.69 Å². The number of hydrogen-bond donors (Lipinski definition) is 1. The third-order valence-electron chi connectivity index (χ3n) is 3.63. The van der Waals surface area contributed by atoms with E-state index >= 15 is 0 Å². The number of thiophene rings is 1. The molecule has 0 saturated carbocycles. The van der Waals surface area contributed by atoms with Crippen LogP contribution in [0.1, 0.15) is 37.1 Å². The average molecular weight is 332 g/mol. The first-order valence-corrected chi connectivity index (χ1v) is 7.94. The smallest absolute Gasteiger partial charge is 0.306 e. The lowest BCUT2D eigenvalue weighted by Crippen LogP contribution is -2.38. The second-order valence-electron chi connectivity index (χ2n) is 4.71. The normalized spacial score (nSPS) is 19.9. The van der Waals surface area contributed by atoms with E-state index in [0.717, 1.165) is 36.1 Å². The van der Waals surface area contributed by atoms with E-state index in [4.69, 9.17) is 5.11 Å². The van der Waals surface area contributed by atoms with Crippen molar-refractivity contribution in [2.45, 2.75) is 32.2 Å². The summed E-state index contributed by atoms with van der Waals surface area (Å²) in [6.45, 7) is 3.98. The molecule has 1 unspecified atom stereocenters. The van der Waals surface area contributed by atoms with Crippen LogP contribution < -0.4 is 0 Å². The molecule has 1 atom stereocenters. The number of carboxylic acid groups (broad SMARTS) is 1. The standard InChI is InChI=1S/C13H18BrNO2S/c1-2-10(11-3-4-12(14)18-11)15-7-5-9(6-8-15)13(16)17/h3-4,9-10H,2,5-8H2,1H3,(H,16,17). The van der Waals surface area contributed by atoms with Crippen molar-refractivity contribution in [2.24, 2.45) is 5.92 Å². The van der Waals surface area contributed by atoms with Crippen LogP contribution in [0.25, 0.3) is 0 Å². The van der Waals surface area contributed by atoms with Gasteiger partial charge in [0.15, 0.2) is 0 Å². The summed E-state index contributed by atoms with van der Waals surface area (Å²) in [7, 11) is 0. The zero-order valence-electron chi connectivity index (χ0n) is 10.4. The highest BCUT2D eigenvalue weighted by molar-refractivity contribution is 9.11. The number of hydrogen-bond acceptors (Lipinski definition) is 3. The summed E-state index contributed by atoms with van der Waals surface area (Å²) in [6, 6.07) is 4.70. The van der Waals surface area contributed by atoms with Crippen LogP contribution in [-0.2, 0) is 4.79 Å². The van der Waals surface area contributed by atoms with Crippen molar-refractivity contribution in [3.8, 4) is 0 Å². The van der Waals surface area contributed by atoms with Gasteiger partial charge in [0.05, 0.1) is 9.70 Å². The van der Waals surface area contributed by atoms with Gasteiger partial charge in [0, 0.05) is 10.9 Å². The van der Waals surface area contributed by atoms with Crippen molar-refractivity contribution in [3.05, 3.63) is 20.8 Å². The van der Waals surface area contributed by atoms with Crippen LogP contribution in [0, 0.1) is 5.92 Å². The van der Waals surface area contributed by atoms with Gasteiger partial charge in [0.2, 0.25) is 0 Å². The molecule has 18 heavy (non-hydrogen) atoms. The second kappa shape index (κ2) is 6.17. The van der Waals surface area contributed by atoms with Crippen LogP contribution >= 0.6 is 27.3 Å². The number of halogens is 1. The fraction of sp³-hybridized carbons (Fsp3) is 0.615. The Balaban J connectivity index is 2.00. The van der Waals surface area contributed by atoms with Crippen molar-refractivity contribution >= 4 is 33.2 Å². The van der Waals surface area contributed by atoms with E-state index in [-0.39, 0.29) is 5.92 Å². The lowest BCUT2D eigenvalue weighted by molar-refractivity contribution is -0.143. The molecule has 100 valence electrons. The molecule has 1 aromatic rings. The summed E-state index contributed by atoms with van der Waals surface area (Å²) < 4.78 is 1.16. The highest BCUT2D eigenvalue weighted by Gasteiger charge is 2.28. The van der Waals surface area contributed by atoms with Gasteiger partial charge in [0.25, 0.3) is 0 Å². The van der Waals surface area contributed by atoms with Gasteiger partial charge in [-0.2, -0.15) is 0 Å². The Morgan fingerprint density at radius 2 is 2.22 bits per heavy atom. The Morgan fingerprint density at radius 1 is 1.56 bits per heavy atom. The van der Waals surface area contributed by atoms with Crippen LogP contribution in [0.5, 0.6) is 0 Å². The molecule has 1 saturated heterocycles. The maximum Gasteiger partial charge on any atom is 0.306 e. The van der Waals surface area contributed by atoms with Crippen LogP contribution in [0.3, 0.4) is 0 Å². The summed E-state index contributed by atoms with van der Waals surface area (Å²) in [5, 5.41) is 9.02. The van der Waals surface area contributed by atoms with Crippen LogP contribution in [0.15, 0.2) is 15.9 Å². The van der Waals surface area contributed by atoms with E-state index in [0.29, 0.717) is 6.04 Å². The largest absolute Gasteiger partial charge is 0.481 e. The van der Waals surface area contributed by atoms with Crippen molar-refractivity contribution in [3.63, 3.8) is 0 Å². The van der Waals surface area contributed by atoms with E-state index in [2.05, 4.69) is 39.9 Å². The van der Waals surface area contributed by atoms with E-state index in [1.165, 1.54) is 4.88 Å². The molecule has 1 aromatic heterocycles. The molecule has 0 spiro atoms. The Morgan fingerprint density at radius 3 is 2.67 bits per heavy atom. The van der Waals surface area contributed by atoms with Gasteiger partial charge in [-0.05, 0) is 60.4 Å². The molecule has 1 fully saturated rings. The lowest BCUT2D eigenvalue weighted by atomic mass is 9.95. The molecule has 0 radical (unpaired) electrons. The summed E-state index contributed by atoms with van der Waals surface area (Å²) in [4.78, 5) is 14.8. The summed E-state index contributed by atoms with van der Waals surface area (Å²) in [5.74, 6) is -0.782.